The molecule has 0 unspecified atom stereocenters. The van der Waals surface area contributed by atoms with Gasteiger partial charge < -0.3 is 5.32 Å². The van der Waals surface area contributed by atoms with E-state index in [9.17, 15) is 13.2 Å². The summed E-state index contributed by atoms with van der Waals surface area (Å²) in [5, 5.41) is 3.06. The molecule has 1 aliphatic heterocycles. The van der Waals surface area contributed by atoms with Gasteiger partial charge in [-0.1, -0.05) is 23.8 Å². The van der Waals surface area contributed by atoms with Crippen molar-refractivity contribution in [3.63, 3.8) is 0 Å². The van der Waals surface area contributed by atoms with E-state index in [4.69, 9.17) is 0 Å². The first-order valence-corrected chi connectivity index (χ1v) is 10.2. The first-order valence-electron chi connectivity index (χ1n) is 8.60. The number of aryl methyl sites for hydroxylation is 2. The number of benzene rings is 1. The van der Waals surface area contributed by atoms with Gasteiger partial charge in [0.2, 0.25) is 15.9 Å². The number of hydrogen-bond donors (Lipinski definition) is 1. The topological polar surface area (TPSA) is 66.5 Å². The van der Waals surface area contributed by atoms with Crippen molar-refractivity contribution in [1.29, 1.82) is 0 Å². The van der Waals surface area contributed by atoms with Gasteiger partial charge in [-0.2, -0.15) is 0 Å². The SMILES string of the molecule is CCS(=O)(=O)N1CCC[C@H](C(=O)N[C@H](C)c2cc(C)ccc2C)C1. The standard InChI is InChI=1S/C18H28N2O3S/c1-5-24(22,23)20-10-6-7-16(12-20)18(21)19-15(4)17-11-13(2)8-9-14(17)3/h8-9,11,15-16H,5-7,10,12H2,1-4H3,(H,19,21)/t15-,16+/m1/s1. The van der Waals surface area contributed by atoms with Gasteiger partial charge in [0.1, 0.15) is 0 Å². The van der Waals surface area contributed by atoms with Crippen LogP contribution in [-0.2, 0) is 14.8 Å². The number of carbonyl (C=O) groups is 1. The van der Waals surface area contributed by atoms with E-state index in [0.717, 1.165) is 29.5 Å². The molecule has 0 bridgehead atoms. The molecule has 0 radical (unpaired) electrons. The molecule has 6 heteroatoms. The minimum absolute atomic E-state index is 0.0561. The average molecular weight is 353 g/mol. The molecule has 1 aromatic carbocycles. The lowest BCUT2D eigenvalue weighted by atomic mass is 9.96. The van der Waals surface area contributed by atoms with E-state index < -0.39 is 10.0 Å². The number of piperidine rings is 1. The molecule has 1 fully saturated rings. The van der Waals surface area contributed by atoms with Crippen LogP contribution >= 0.6 is 0 Å². The molecule has 2 rings (SSSR count). The zero-order valence-electron chi connectivity index (χ0n) is 15.0. The van der Waals surface area contributed by atoms with E-state index in [1.165, 1.54) is 4.31 Å². The number of hydrogen-bond acceptors (Lipinski definition) is 3. The molecular weight excluding hydrogens is 324 g/mol. The molecule has 0 aromatic heterocycles. The first-order chi connectivity index (χ1) is 11.2. The molecule has 134 valence electrons. The molecule has 1 amide bonds. The van der Waals surface area contributed by atoms with Crippen molar-refractivity contribution in [2.24, 2.45) is 5.92 Å². The smallest absolute Gasteiger partial charge is 0.224 e. The lowest BCUT2D eigenvalue weighted by Gasteiger charge is -2.31. The maximum Gasteiger partial charge on any atom is 0.224 e. The van der Waals surface area contributed by atoms with Gasteiger partial charge in [0.15, 0.2) is 0 Å². The summed E-state index contributed by atoms with van der Waals surface area (Å²) in [5.41, 5.74) is 3.42. The maximum absolute atomic E-state index is 12.6. The van der Waals surface area contributed by atoms with Crippen LogP contribution in [0.1, 0.15) is 49.4 Å². The summed E-state index contributed by atoms with van der Waals surface area (Å²) in [5.74, 6) is -0.243. The van der Waals surface area contributed by atoms with Gasteiger partial charge in [-0.25, -0.2) is 12.7 Å². The quantitative estimate of drug-likeness (QED) is 0.885. The molecule has 24 heavy (non-hydrogen) atoms. The summed E-state index contributed by atoms with van der Waals surface area (Å²) in [4.78, 5) is 12.6. The van der Waals surface area contributed by atoms with Gasteiger partial charge in [0.25, 0.3) is 0 Å². The third-order valence-electron chi connectivity index (χ3n) is 4.77. The number of sulfonamides is 1. The highest BCUT2D eigenvalue weighted by molar-refractivity contribution is 7.89. The third kappa shape index (κ3) is 4.36. The fraction of sp³-hybridized carbons (Fsp3) is 0.611. The summed E-state index contributed by atoms with van der Waals surface area (Å²) in [6.45, 7) is 8.50. The summed E-state index contributed by atoms with van der Waals surface area (Å²) >= 11 is 0. The van der Waals surface area contributed by atoms with Gasteiger partial charge in [-0.15, -0.1) is 0 Å². The zero-order chi connectivity index (χ0) is 17.9. The second-order valence-electron chi connectivity index (χ2n) is 6.69. The van der Waals surface area contributed by atoms with Crippen LogP contribution in [0.25, 0.3) is 0 Å². The summed E-state index contributed by atoms with van der Waals surface area (Å²) in [6.07, 6.45) is 1.47. The van der Waals surface area contributed by atoms with Crippen LogP contribution < -0.4 is 5.32 Å². The Kier molecular flexibility index (Phi) is 6.04. The Bertz CT molecular complexity index is 700. The van der Waals surface area contributed by atoms with Crippen molar-refractivity contribution >= 4 is 15.9 Å². The van der Waals surface area contributed by atoms with E-state index in [-0.39, 0.29) is 23.6 Å². The molecule has 1 N–H and O–H groups in total. The monoisotopic (exact) mass is 352 g/mol. The third-order valence-corrected chi connectivity index (χ3v) is 6.62. The second kappa shape index (κ2) is 7.66. The van der Waals surface area contributed by atoms with Gasteiger partial charge in [0.05, 0.1) is 17.7 Å². The molecule has 5 nitrogen and oxygen atoms in total. The summed E-state index contributed by atoms with van der Waals surface area (Å²) < 4.78 is 25.5. The minimum atomic E-state index is -3.23. The highest BCUT2D eigenvalue weighted by Crippen LogP contribution is 2.23. The van der Waals surface area contributed by atoms with Crippen LogP contribution in [0, 0.1) is 19.8 Å². The molecule has 1 saturated heterocycles. The van der Waals surface area contributed by atoms with Crippen LogP contribution in [-0.4, -0.2) is 37.5 Å². The van der Waals surface area contributed by atoms with Gasteiger partial charge in [-0.3, -0.25) is 4.79 Å². The first kappa shape index (κ1) is 18.9. The lowest BCUT2D eigenvalue weighted by Crippen LogP contribution is -2.46. The molecule has 1 heterocycles. The van der Waals surface area contributed by atoms with E-state index in [1.807, 2.05) is 20.8 Å². The molecular formula is C18H28N2O3S. The maximum atomic E-state index is 12.6. The Labute approximate surface area is 145 Å². The Balaban J connectivity index is 2.05. The molecule has 1 aliphatic rings. The summed E-state index contributed by atoms with van der Waals surface area (Å²) in [6, 6.07) is 6.12. The van der Waals surface area contributed by atoms with Crippen molar-refractivity contribution in [1.82, 2.24) is 9.62 Å². The number of carbonyl (C=O) groups excluding carboxylic acids is 1. The largest absolute Gasteiger partial charge is 0.349 e. The highest BCUT2D eigenvalue weighted by atomic mass is 32.2. The van der Waals surface area contributed by atoms with Crippen LogP contribution in [0.15, 0.2) is 18.2 Å². The Morgan fingerprint density at radius 2 is 2.08 bits per heavy atom. The van der Waals surface area contributed by atoms with Crippen LogP contribution in [0.2, 0.25) is 0 Å². The van der Waals surface area contributed by atoms with Crippen molar-refractivity contribution in [2.75, 3.05) is 18.8 Å². The van der Waals surface area contributed by atoms with Crippen molar-refractivity contribution in [3.05, 3.63) is 34.9 Å². The molecule has 0 saturated carbocycles. The highest BCUT2D eigenvalue weighted by Gasteiger charge is 2.31. The predicted octanol–water partition coefficient (Wildman–Crippen LogP) is 2.54. The second-order valence-corrected chi connectivity index (χ2v) is 8.95. The van der Waals surface area contributed by atoms with E-state index in [1.54, 1.807) is 6.92 Å². The Morgan fingerprint density at radius 1 is 1.38 bits per heavy atom. The number of nitrogens with one attached hydrogen (secondary N) is 1. The normalized spacial score (nSPS) is 20.6. The Hall–Kier alpha value is -1.40. The van der Waals surface area contributed by atoms with Gasteiger partial charge in [-0.05, 0) is 51.7 Å². The molecule has 1 aromatic rings. The van der Waals surface area contributed by atoms with Crippen molar-refractivity contribution in [2.45, 2.75) is 46.6 Å². The van der Waals surface area contributed by atoms with Crippen LogP contribution in [0.3, 0.4) is 0 Å². The summed E-state index contributed by atoms with van der Waals surface area (Å²) in [7, 11) is -3.23. The number of amides is 1. The fourth-order valence-electron chi connectivity index (χ4n) is 3.23. The van der Waals surface area contributed by atoms with Gasteiger partial charge >= 0.3 is 0 Å². The molecule has 0 aliphatic carbocycles. The van der Waals surface area contributed by atoms with Crippen LogP contribution in [0.4, 0.5) is 0 Å². The fourth-order valence-corrected chi connectivity index (χ4v) is 4.41. The van der Waals surface area contributed by atoms with Crippen LogP contribution in [0.5, 0.6) is 0 Å². The zero-order valence-corrected chi connectivity index (χ0v) is 15.8. The van der Waals surface area contributed by atoms with E-state index in [0.29, 0.717) is 13.1 Å². The molecule has 0 spiro atoms. The predicted molar refractivity (Wildman–Crippen MR) is 96.2 cm³/mol. The van der Waals surface area contributed by atoms with E-state index in [2.05, 4.69) is 23.5 Å². The lowest BCUT2D eigenvalue weighted by molar-refractivity contribution is -0.126. The van der Waals surface area contributed by atoms with Gasteiger partial charge in [0, 0.05) is 13.1 Å². The number of nitrogens with zero attached hydrogens (tertiary/aromatic N) is 1. The average Bonchev–Trinajstić information content (AvgIpc) is 2.57. The number of rotatable bonds is 5. The van der Waals surface area contributed by atoms with Crippen molar-refractivity contribution < 1.29 is 13.2 Å². The van der Waals surface area contributed by atoms with E-state index >= 15 is 0 Å². The Morgan fingerprint density at radius 3 is 2.75 bits per heavy atom. The van der Waals surface area contributed by atoms with Crippen molar-refractivity contribution in [3.8, 4) is 0 Å². The molecule has 2 atom stereocenters. The minimum Gasteiger partial charge on any atom is -0.349 e.